The van der Waals surface area contributed by atoms with Crippen molar-refractivity contribution in [2.75, 3.05) is 6.54 Å². The summed E-state index contributed by atoms with van der Waals surface area (Å²) in [5.41, 5.74) is -0.452. The van der Waals surface area contributed by atoms with E-state index in [9.17, 15) is 4.79 Å². The van der Waals surface area contributed by atoms with Crippen molar-refractivity contribution in [3.05, 3.63) is 15.7 Å². The summed E-state index contributed by atoms with van der Waals surface area (Å²) in [6, 6.07) is 0.0853. The molecule has 0 bridgehead atoms. The zero-order valence-electron chi connectivity index (χ0n) is 12.1. The molecule has 1 unspecified atom stereocenters. The smallest absolute Gasteiger partial charge is 0.410 e. The van der Waals surface area contributed by atoms with Crippen LogP contribution >= 0.6 is 22.6 Å². The number of carbonyl (C=O) groups is 1. The molecular weight excluding hydrogens is 369 g/mol. The minimum atomic E-state index is -0.452. The summed E-state index contributed by atoms with van der Waals surface area (Å²) < 4.78 is 8.74. The second-order valence-electron chi connectivity index (χ2n) is 6.57. The molecule has 1 aromatic heterocycles. The third-order valence-electron chi connectivity index (χ3n) is 3.66. The molecule has 0 radical (unpaired) electrons. The first kappa shape index (κ1) is 14.2. The van der Waals surface area contributed by atoms with Gasteiger partial charge in [0.05, 0.1) is 6.04 Å². The van der Waals surface area contributed by atoms with Gasteiger partial charge in [0.1, 0.15) is 15.1 Å². The fourth-order valence-electron chi connectivity index (χ4n) is 2.71. The van der Waals surface area contributed by atoms with Gasteiger partial charge in [0.25, 0.3) is 0 Å². The van der Waals surface area contributed by atoms with Crippen molar-refractivity contribution < 1.29 is 9.53 Å². The van der Waals surface area contributed by atoms with Gasteiger partial charge in [0.15, 0.2) is 0 Å². The molecule has 0 aromatic carbocycles. The number of imidazole rings is 1. The molecule has 110 valence electrons. The SMILES string of the molecule is CC(C)(C)OC(=O)N1CCn2cc(I)nc2C1C1CC1. The number of carbonyl (C=O) groups excluding carboxylic acids is 1. The highest BCUT2D eigenvalue weighted by molar-refractivity contribution is 14.1. The van der Waals surface area contributed by atoms with E-state index < -0.39 is 5.60 Å². The van der Waals surface area contributed by atoms with E-state index in [0.717, 1.165) is 16.1 Å². The van der Waals surface area contributed by atoms with Crippen LogP contribution in [0, 0.1) is 9.62 Å². The Balaban J connectivity index is 1.87. The number of hydrogen-bond donors (Lipinski definition) is 0. The van der Waals surface area contributed by atoms with Crippen LogP contribution in [0.2, 0.25) is 0 Å². The molecule has 3 rings (SSSR count). The van der Waals surface area contributed by atoms with Crippen LogP contribution in [0.5, 0.6) is 0 Å². The number of ether oxygens (including phenoxy) is 1. The number of rotatable bonds is 1. The van der Waals surface area contributed by atoms with Gasteiger partial charge in [-0.25, -0.2) is 9.78 Å². The van der Waals surface area contributed by atoms with Gasteiger partial charge in [0, 0.05) is 19.3 Å². The summed E-state index contributed by atoms with van der Waals surface area (Å²) in [5, 5.41) is 0. The maximum Gasteiger partial charge on any atom is 0.410 e. The highest BCUT2D eigenvalue weighted by atomic mass is 127. The van der Waals surface area contributed by atoms with Crippen molar-refractivity contribution in [2.45, 2.75) is 51.8 Å². The molecule has 1 aliphatic heterocycles. The average molecular weight is 389 g/mol. The zero-order valence-corrected chi connectivity index (χ0v) is 14.3. The van der Waals surface area contributed by atoms with Gasteiger partial charge < -0.3 is 9.30 Å². The molecule has 0 spiro atoms. The van der Waals surface area contributed by atoms with Crippen molar-refractivity contribution in [3.63, 3.8) is 0 Å². The van der Waals surface area contributed by atoms with E-state index in [2.05, 4.69) is 38.3 Å². The van der Waals surface area contributed by atoms with Crippen LogP contribution in [-0.2, 0) is 11.3 Å². The highest BCUT2D eigenvalue weighted by Gasteiger charge is 2.44. The molecule has 2 heterocycles. The fourth-order valence-corrected chi connectivity index (χ4v) is 3.29. The molecule has 0 N–H and O–H groups in total. The van der Waals surface area contributed by atoms with Crippen molar-refractivity contribution in [1.29, 1.82) is 0 Å². The lowest BCUT2D eigenvalue weighted by Gasteiger charge is -2.37. The Bertz CT molecular complexity index is 531. The fraction of sp³-hybridized carbons (Fsp3) is 0.714. The van der Waals surface area contributed by atoms with E-state index in [-0.39, 0.29) is 12.1 Å². The van der Waals surface area contributed by atoms with E-state index in [1.807, 2.05) is 25.7 Å². The summed E-state index contributed by atoms with van der Waals surface area (Å²) >= 11 is 2.23. The lowest BCUT2D eigenvalue weighted by atomic mass is 10.1. The molecule has 1 atom stereocenters. The molecule has 1 aliphatic carbocycles. The first-order chi connectivity index (χ1) is 9.35. The number of hydrogen-bond acceptors (Lipinski definition) is 3. The summed E-state index contributed by atoms with van der Waals surface area (Å²) in [6.07, 6.45) is 4.21. The Morgan fingerprint density at radius 1 is 1.40 bits per heavy atom. The number of aromatic nitrogens is 2. The Morgan fingerprint density at radius 3 is 2.70 bits per heavy atom. The molecule has 20 heavy (non-hydrogen) atoms. The van der Waals surface area contributed by atoms with Crippen molar-refractivity contribution in [2.24, 2.45) is 5.92 Å². The van der Waals surface area contributed by atoms with Gasteiger partial charge in [-0.05, 0) is 62.1 Å². The quantitative estimate of drug-likeness (QED) is 0.694. The van der Waals surface area contributed by atoms with Crippen LogP contribution in [0.1, 0.15) is 45.5 Å². The second kappa shape index (κ2) is 4.89. The molecule has 5 nitrogen and oxygen atoms in total. The maximum absolute atomic E-state index is 12.4. The zero-order chi connectivity index (χ0) is 14.5. The molecular formula is C14H20IN3O2. The van der Waals surface area contributed by atoms with Gasteiger partial charge in [-0.2, -0.15) is 0 Å². The highest BCUT2D eigenvalue weighted by Crippen LogP contribution is 2.46. The van der Waals surface area contributed by atoms with Crippen molar-refractivity contribution in [3.8, 4) is 0 Å². The normalized spacial score (nSPS) is 22.6. The Labute approximate surface area is 132 Å². The largest absolute Gasteiger partial charge is 0.444 e. The summed E-state index contributed by atoms with van der Waals surface area (Å²) in [7, 11) is 0. The van der Waals surface area contributed by atoms with Gasteiger partial charge >= 0.3 is 6.09 Å². The van der Waals surface area contributed by atoms with E-state index >= 15 is 0 Å². The maximum atomic E-state index is 12.4. The summed E-state index contributed by atoms with van der Waals surface area (Å²) in [5.74, 6) is 1.56. The lowest BCUT2D eigenvalue weighted by Crippen LogP contribution is -2.45. The minimum Gasteiger partial charge on any atom is -0.444 e. The Morgan fingerprint density at radius 2 is 2.10 bits per heavy atom. The topological polar surface area (TPSA) is 47.4 Å². The number of halogens is 1. The molecule has 1 fully saturated rings. The van der Waals surface area contributed by atoms with Crippen LogP contribution in [0.3, 0.4) is 0 Å². The summed E-state index contributed by atoms with van der Waals surface area (Å²) in [4.78, 5) is 18.9. The van der Waals surface area contributed by atoms with E-state index in [4.69, 9.17) is 4.74 Å². The number of nitrogens with zero attached hydrogens (tertiary/aromatic N) is 3. The standard InChI is InChI=1S/C14H20IN3O2/c1-14(2,3)20-13(19)18-7-6-17-8-10(15)16-12(17)11(18)9-4-5-9/h8-9,11H,4-7H2,1-3H3. The molecule has 0 saturated heterocycles. The minimum absolute atomic E-state index is 0.0853. The van der Waals surface area contributed by atoms with Gasteiger partial charge in [-0.15, -0.1) is 0 Å². The monoisotopic (exact) mass is 389 g/mol. The van der Waals surface area contributed by atoms with Crippen molar-refractivity contribution in [1.82, 2.24) is 14.5 Å². The Kier molecular flexibility index (Phi) is 3.46. The summed E-state index contributed by atoms with van der Waals surface area (Å²) in [6.45, 7) is 7.23. The van der Waals surface area contributed by atoms with E-state index in [0.29, 0.717) is 12.5 Å². The molecule has 6 heteroatoms. The molecule has 1 aromatic rings. The second-order valence-corrected chi connectivity index (χ2v) is 7.68. The van der Waals surface area contributed by atoms with Crippen LogP contribution in [0.4, 0.5) is 4.79 Å². The van der Waals surface area contributed by atoms with E-state index in [1.54, 1.807) is 0 Å². The molecule has 1 amide bonds. The first-order valence-electron chi connectivity index (χ1n) is 7.07. The van der Waals surface area contributed by atoms with E-state index in [1.165, 1.54) is 12.8 Å². The predicted molar refractivity (Wildman–Crippen MR) is 83.3 cm³/mol. The van der Waals surface area contributed by atoms with Gasteiger partial charge in [-0.1, -0.05) is 0 Å². The van der Waals surface area contributed by atoms with Gasteiger partial charge in [0.2, 0.25) is 0 Å². The first-order valence-corrected chi connectivity index (χ1v) is 8.15. The average Bonchev–Trinajstić information content (AvgIpc) is 3.06. The Hall–Kier alpha value is -0.790. The predicted octanol–water partition coefficient (Wildman–Crippen LogP) is 3.19. The van der Waals surface area contributed by atoms with Gasteiger partial charge in [-0.3, -0.25) is 4.90 Å². The molecule has 1 saturated carbocycles. The third-order valence-corrected chi connectivity index (χ3v) is 4.18. The van der Waals surface area contributed by atoms with Crippen LogP contribution in [0.25, 0.3) is 0 Å². The van der Waals surface area contributed by atoms with Crippen LogP contribution in [0.15, 0.2) is 6.20 Å². The van der Waals surface area contributed by atoms with Crippen molar-refractivity contribution >= 4 is 28.7 Å². The third kappa shape index (κ3) is 2.80. The molecule has 2 aliphatic rings. The number of amides is 1. The van der Waals surface area contributed by atoms with Crippen LogP contribution in [-0.4, -0.2) is 32.7 Å². The lowest BCUT2D eigenvalue weighted by molar-refractivity contribution is 0.00708. The number of fused-ring (bicyclic) bond motifs is 1. The van der Waals surface area contributed by atoms with Crippen LogP contribution < -0.4 is 0 Å².